The summed E-state index contributed by atoms with van der Waals surface area (Å²) < 4.78 is 30.7. The Kier molecular flexibility index (Phi) is 5.22. The number of aryl methyl sites for hydroxylation is 1. The van der Waals surface area contributed by atoms with Crippen molar-refractivity contribution in [2.45, 2.75) is 64.0 Å². The van der Waals surface area contributed by atoms with Crippen LogP contribution in [-0.2, 0) is 16.4 Å². The van der Waals surface area contributed by atoms with E-state index < -0.39 is 10.0 Å². The van der Waals surface area contributed by atoms with E-state index in [1.165, 1.54) is 17.8 Å². The van der Waals surface area contributed by atoms with Crippen LogP contribution in [0.15, 0.2) is 0 Å². The Labute approximate surface area is 143 Å². The standard InChI is InChI=1S/C15H26N4O2S2/c1-3-14-16-15(22-17-14)18-10-5-8-13(9-11-18)19(23(2,20)21)12-6-4-7-12/h12-13H,3-11H2,1-2H3. The number of aromatic nitrogens is 2. The molecule has 2 aliphatic rings. The molecule has 1 atom stereocenters. The molecule has 1 aliphatic carbocycles. The van der Waals surface area contributed by atoms with Gasteiger partial charge in [-0.25, -0.2) is 13.4 Å². The van der Waals surface area contributed by atoms with E-state index in [-0.39, 0.29) is 12.1 Å². The van der Waals surface area contributed by atoms with Crippen LogP contribution in [0.3, 0.4) is 0 Å². The maximum atomic E-state index is 12.3. The van der Waals surface area contributed by atoms with Crippen molar-refractivity contribution in [3.05, 3.63) is 5.82 Å². The molecule has 0 bridgehead atoms. The predicted octanol–water partition coefficient (Wildman–Crippen LogP) is 2.27. The molecule has 1 saturated carbocycles. The number of nitrogens with zero attached hydrogens (tertiary/aromatic N) is 4. The van der Waals surface area contributed by atoms with Crippen molar-refractivity contribution in [2.24, 2.45) is 0 Å². The Morgan fingerprint density at radius 1 is 1.17 bits per heavy atom. The Balaban J connectivity index is 1.69. The lowest BCUT2D eigenvalue weighted by atomic mass is 9.91. The topological polar surface area (TPSA) is 66.4 Å². The lowest BCUT2D eigenvalue weighted by Crippen LogP contribution is -2.49. The third kappa shape index (κ3) is 3.85. The molecule has 1 saturated heterocycles. The van der Waals surface area contributed by atoms with Gasteiger partial charge in [0.2, 0.25) is 15.2 Å². The second-order valence-corrected chi connectivity index (χ2v) is 9.21. The highest BCUT2D eigenvalue weighted by atomic mass is 32.2. The number of anilines is 1. The van der Waals surface area contributed by atoms with E-state index >= 15 is 0 Å². The summed E-state index contributed by atoms with van der Waals surface area (Å²) in [7, 11) is -3.13. The van der Waals surface area contributed by atoms with Crippen LogP contribution in [0.4, 0.5) is 5.13 Å². The lowest BCUT2D eigenvalue weighted by molar-refractivity contribution is 0.164. The molecule has 0 spiro atoms. The summed E-state index contributed by atoms with van der Waals surface area (Å²) in [5.41, 5.74) is 0. The number of hydrogen-bond acceptors (Lipinski definition) is 6. The molecule has 1 unspecified atom stereocenters. The third-order valence-corrected chi connectivity index (χ3v) is 7.10. The zero-order valence-corrected chi connectivity index (χ0v) is 15.6. The molecule has 2 fully saturated rings. The quantitative estimate of drug-likeness (QED) is 0.808. The van der Waals surface area contributed by atoms with Crippen LogP contribution in [0, 0.1) is 0 Å². The van der Waals surface area contributed by atoms with Crippen LogP contribution in [-0.4, -0.2) is 53.5 Å². The molecule has 0 N–H and O–H groups in total. The third-order valence-electron chi connectivity index (χ3n) is 4.92. The lowest BCUT2D eigenvalue weighted by Gasteiger charge is -2.40. The molecular weight excluding hydrogens is 332 g/mol. The smallest absolute Gasteiger partial charge is 0.211 e. The summed E-state index contributed by atoms with van der Waals surface area (Å²) in [6.07, 6.45) is 8.24. The molecule has 1 aliphatic heterocycles. The fourth-order valence-electron chi connectivity index (χ4n) is 3.52. The van der Waals surface area contributed by atoms with Crippen LogP contribution in [0.5, 0.6) is 0 Å². The second kappa shape index (κ2) is 7.03. The average Bonchev–Trinajstić information content (AvgIpc) is 2.80. The van der Waals surface area contributed by atoms with Gasteiger partial charge in [0.25, 0.3) is 0 Å². The predicted molar refractivity (Wildman–Crippen MR) is 93.5 cm³/mol. The molecule has 1 aromatic rings. The molecule has 23 heavy (non-hydrogen) atoms. The fraction of sp³-hybridized carbons (Fsp3) is 0.867. The van der Waals surface area contributed by atoms with E-state index in [0.717, 1.165) is 69.0 Å². The highest BCUT2D eigenvalue weighted by Gasteiger charge is 2.37. The van der Waals surface area contributed by atoms with Gasteiger partial charge in [0.05, 0.1) is 6.26 Å². The van der Waals surface area contributed by atoms with E-state index in [0.29, 0.717) is 0 Å². The van der Waals surface area contributed by atoms with Crippen molar-refractivity contribution in [2.75, 3.05) is 24.2 Å². The molecule has 3 rings (SSSR count). The van der Waals surface area contributed by atoms with Crippen molar-refractivity contribution in [3.8, 4) is 0 Å². The molecule has 6 nitrogen and oxygen atoms in total. The summed E-state index contributed by atoms with van der Waals surface area (Å²) in [5.74, 6) is 0.901. The van der Waals surface area contributed by atoms with Crippen LogP contribution >= 0.6 is 11.5 Å². The first kappa shape index (κ1) is 17.1. The highest BCUT2D eigenvalue weighted by Crippen LogP contribution is 2.32. The van der Waals surface area contributed by atoms with Gasteiger partial charge in [0.1, 0.15) is 5.82 Å². The van der Waals surface area contributed by atoms with Crippen molar-refractivity contribution in [3.63, 3.8) is 0 Å². The fourth-order valence-corrected chi connectivity index (χ4v) is 5.83. The Morgan fingerprint density at radius 2 is 1.87 bits per heavy atom. The first-order chi connectivity index (χ1) is 11.0. The average molecular weight is 359 g/mol. The van der Waals surface area contributed by atoms with Gasteiger partial charge in [-0.05, 0) is 32.1 Å². The van der Waals surface area contributed by atoms with Crippen molar-refractivity contribution in [1.82, 2.24) is 13.7 Å². The first-order valence-corrected chi connectivity index (χ1v) is 11.2. The van der Waals surface area contributed by atoms with E-state index in [2.05, 4.69) is 21.2 Å². The first-order valence-electron chi connectivity index (χ1n) is 8.55. The van der Waals surface area contributed by atoms with Crippen LogP contribution in [0.2, 0.25) is 0 Å². The van der Waals surface area contributed by atoms with E-state index in [4.69, 9.17) is 0 Å². The Hall–Kier alpha value is -0.730. The molecule has 0 aromatic carbocycles. The summed E-state index contributed by atoms with van der Waals surface area (Å²) in [6, 6.07) is 0.369. The van der Waals surface area contributed by atoms with Gasteiger partial charge in [0.15, 0.2) is 0 Å². The van der Waals surface area contributed by atoms with E-state index in [9.17, 15) is 8.42 Å². The minimum Gasteiger partial charge on any atom is -0.347 e. The Morgan fingerprint density at radius 3 is 2.43 bits per heavy atom. The minimum atomic E-state index is -3.13. The number of rotatable bonds is 5. The van der Waals surface area contributed by atoms with Gasteiger partial charge in [-0.2, -0.15) is 8.68 Å². The van der Waals surface area contributed by atoms with Gasteiger partial charge in [-0.1, -0.05) is 13.3 Å². The highest BCUT2D eigenvalue weighted by molar-refractivity contribution is 7.88. The maximum absolute atomic E-state index is 12.3. The minimum absolute atomic E-state index is 0.138. The molecule has 8 heteroatoms. The SMILES string of the molecule is CCc1nsc(N2CCCC(N(C3CCC3)S(C)(=O)=O)CC2)n1. The molecule has 0 radical (unpaired) electrons. The van der Waals surface area contributed by atoms with Crippen molar-refractivity contribution >= 4 is 26.7 Å². The van der Waals surface area contributed by atoms with Gasteiger partial charge in [-0.3, -0.25) is 0 Å². The Bertz CT molecular complexity index is 627. The van der Waals surface area contributed by atoms with Crippen molar-refractivity contribution < 1.29 is 8.42 Å². The summed E-state index contributed by atoms with van der Waals surface area (Å²) in [6.45, 7) is 3.87. The van der Waals surface area contributed by atoms with Gasteiger partial charge in [0, 0.05) is 43.1 Å². The maximum Gasteiger partial charge on any atom is 0.211 e. The van der Waals surface area contributed by atoms with Crippen LogP contribution in [0.1, 0.15) is 51.3 Å². The van der Waals surface area contributed by atoms with Crippen LogP contribution in [0.25, 0.3) is 0 Å². The van der Waals surface area contributed by atoms with E-state index in [1.54, 1.807) is 0 Å². The zero-order valence-electron chi connectivity index (χ0n) is 13.9. The van der Waals surface area contributed by atoms with Gasteiger partial charge >= 0.3 is 0 Å². The van der Waals surface area contributed by atoms with E-state index in [1.807, 2.05) is 4.31 Å². The largest absolute Gasteiger partial charge is 0.347 e. The summed E-state index contributed by atoms with van der Waals surface area (Å²) in [4.78, 5) is 6.85. The number of hydrogen-bond donors (Lipinski definition) is 0. The normalized spacial score (nSPS) is 23.8. The summed E-state index contributed by atoms with van der Waals surface area (Å²) in [5, 5.41) is 0.983. The monoisotopic (exact) mass is 358 g/mol. The zero-order chi connectivity index (χ0) is 16.4. The molecular formula is C15H26N4O2S2. The van der Waals surface area contributed by atoms with Crippen molar-refractivity contribution in [1.29, 1.82) is 0 Å². The number of sulfonamides is 1. The molecule has 1 aromatic heterocycles. The summed E-state index contributed by atoms with van der Waals surface area (Å²) >= 11 is 1.46. The molecule has 0 amide bonds. The second-order valence-electron chi connectivity index (χ2n) is 6.60. The van der Waals surface area contributed by atoms with Crippen LogP contribution < -0.4 is 4.90 Å². The van der Waals surface area contributed by atoms with Gasteiger partial charge < -0.3 is 4.90 Å². The van der Waals surface area contributed by atoms with Gasteiger partial charge in [-0.15, -0.1) is 0 Å². The molecule has 130 valence electrons. The molecule has 2 heterocycles.